The van der Waals surface area contributed by atoms with Gasteiger partial charge in [-0.1, -0.05) is 58.1 Å². The molecule has 2 amide bonds. The Morgan fingerprint density at radius 2 is 1.64 bits per heavy atom. The van der Waals surface area contributed by atoms with Gasteiger partial charge >= 0.3 is 6.03 Å². The summed E-state index contributed by atoms with van der Waals surface area (Å²) in [5.74, 6) is 0.102. The van der Waals surface area contributed by atoms with Crippen molar-refractivity contribution in [3.05, 3.63) is 95.8 Å². The maximum atomic E-state index is 11.7. The van der Waals surface area contributed by atoms with Crippen molar-refractivity contribution in [2.24, 2.45) is 4.99 Å². The molecular formula is C31H36N6O2. The fraction of sp³-hybridized carbons (Fsp3) is 0.258. The first-order chi connectivity index (χ1) is 18.5. The van der Waals surface area contributed by atoms with Crippen LogP contribution in [0.25, 0.3) is 0 Å². The number of carbonyl (C=O) groups is 1. The zero-order chi connectivity index (χ0) is 28.2. The van der Waals surface area contributed by atoms with Crippen molar-refractivity contribution >= 4 is 40.4 Å². The number of benzene rings is 2. The van der Waals surface area contributed by atoms with Crippen LogP contribution in [0.4, 0.5) is 27.5 Å². The molecule has 0 saturated heterocycles. The van der Waals surface area contributed by atoms with E-state index in [1.54, 1.807) is 14.0 Å². The molecule has 2 aliphatic heterocycles. The first-order valence-corrected chi connectivity index (χ1v) is 12.9. The minimum Gasteiger partial charge on any atom is -0.367 e. The number of hydrogen-bond donors (Lipinski definition) is 5. The molecule has 2 aliphatic rings. The molecule has 2 aromatic rings. The Hall–Kier alpha value is -4.59. The normalized spacial score (nSPS) is 17.7. The van der Waals surface area contributed by atoms with Gasteiger partial charge in [-0.15, -0.1) is 0 Å². The van der Waals surface area contributed by atoms with Gasteiger partial charge in [0, 0.05) is 41.9 Å². The van der Waals surface area contributed by atoms with E-state index in [4.69, 9.17) is 15.2 Å². The summed E-state index contributed by atoms with van der Waals surface area (Å²) in [5, 5.41) is 16.3. The van der Waals surface area contributed by atoms with E-state index in [0.717, 1.165) is 45.3 Å². The minimum absolute atomic E-state index is 0.102. The second-order valence-corrected chi connectivity index (χ2v) is 10.5. The molecule has 4 rings (SSSR count). The number of anilines is 3. The van der Waals surface area contributed by atoms with Crippen molar-refractivity contribution in [3.63, 3.8) is 0 Å². The maximum absolute atomic E-state index is 11.7. The molecule has 202 valence electrons. The predicted octanol–water partition coefficient (Wildman–Crippen LogP) is 7.10. The maximum Gasteiger partial charge on any atom is 0.318 e. The Morgan fingerprint density at radius 3 is 2.38 bits per heavy atom. The summed E-state index contributed by atoms with van der Waals surface area (Å²) in [5.41, 5.74) is 10.2. The third-order valence-electron chi connectivity index (χ3n) is 6.96. The van der Waals surface area contributed by atoms with Crippen LogP contribution < -0.4 is 21.4 Å². The van der Waals surface area contributed by atoms with Crippen molar-refractivity contribution in [2.75, 3.05) is 23.2 Å². The lowest BCUT2D eigenvalue weighted by molar-refractivity contribution is 0.254. The summed E-state index contributed by atoms with van der Waals surface area (Å²) in [6, 6.07) is 11.5. The Labute approximate surface area is 230 Å². The highest BCUT2D eigenvalue weighted by Gasteiger charge is 2.35. The van der Waals surface area contributed by atoms with Crippen molar-refractivity contribution in [1.29, 1.82) is 5.41 Å². The molecule has 2 aromatic carbocycles. The number of rotatable bonds is 7. The fourth-order valence-corrected chi connectivity index (χ4v) is 4.62. The molecule has 0 unspecified atom stereocenters. The summed E-state index contributed by atoms with van der Waals surface area (Å²) < 4.78 is 0. The van der Waals surface area contributed by atoms with Gasteiger partial charge < -0.3 is 20.8 Å². The number of nitrogens with one attached hydrogen (secondary N) is 5. The minimum atomic E-state index is -0.248. The standard InChI is InChI=1S/C31H36N6O2/c1-20(32)39-37-22-15-17-26-24(19-22)31(4,5)28(36-26)13-11-9-7-8-10-12-27-30(2,3)23-18-21(34-29(38)33-6)14-16-25(23)35-27/h7-19,32,35,37H,1-6H3,(H2,33,34,38)/b9-7+,10-8+,13-11+,27-12+,32-20?. The molecule has 2 heterocycles. The fourth-order valence-electron chi connectivity index (χ4n) is 4.62. The number of fused-ring (bicyclic) bond motifs is 2. The predicted molar refractivity (Wildman–Crippen MR) is 161 cm³/mol. The SMILES string of the molecule is CNC(=O)Nc1ccc2c(c1)C(C)(C)\C(=C/C=C/C=C/C=C/C1=Nc3ccc(NOC(C)=N)cc3C1(C)C)N2. The summed E-state index contributed by atoms with van der Waals surface area (Å²) in [6.45, 7) is 10.2. The quantitative estimate of drug-likeness (QED) is 0.115. The van der Waals surface area contributed by atoms with Gasteiger partial charge in [0.25, 0.3) is 0 Å². The first-order valence-electron chi connectivity index (χ1n) is 12.9. The average Bonchev–Trinajstić information content (AvgIpc) is 3.30. The number of allylic oxidation sites excluding steroid dienone is 8. The lowest BCUT2D eigenvalue weighted by atomic mass is 9.81. The molecule has 0 saturated carbocycles. The monoisotopic (exact) mass is 524 g/mol. The van der Waals surface area contributed by atoms with Crippen LogP contribution in [-0.2, 0) is 15.7 Å². The Balaban J connectivity index is 1.37. The summed E-state index contributed by atoms with van der Waals surface area (Å²) in [4.78, 5) is 21.6. The number of amides is 2. The number of aliphatic imine (C=N–C) groups is 1. The molecule has 0 bridgehead atoms. The van der Waals surface area contributed by atoms with Gasteiger partial charge in [-0.3, -0.25) is 10.4 Å². The summed E-state index contributed by atoms with van der Waals surface area (Å²) in [6.07, 6.45) is 14.1. The summed E-state index contributed by atoms with van der Waals surface area (Å²) >= 11 is 0. The third kappa shape index (κ3) is 5.95. The topological polar surface area (TPSA) is 111 Å². The van der Waals surface area contributed by atoms with E-state index < -0.39 is 0 Å². The number of hydrogen-bond acceptors (Lipinski definition) is 6. The van der Waals surface area contributed by atoms with Gasteiger partial charge in [0.15, 0.2) is 0 Å². The molecule has 0 radical (unpaired) electrons. The molecule has 0 atom stereocenters. The highest BCUT2D eigenvalue weighted by atomic mass is 16.7. The van der Waals surface area contributed by atoms with E-state index in [-0.39, 0.29) is 22.8 Å². The lowest BCUT2D eigenvalue weighted by Gasteiger charge is -2.21. The molecule has 5 N–H and O–H groups in total. The third-order valence-corrected chi connectivity index (χ3v) is 6.96. The van der Waals surface area contributed by atoms with Crippen molar-refractivity contribution in [2.45, 2.75) is 45.4 Å². The Bertz CT molecular complexity index is 1440. The van der Waals surface area contributed by atoms with Crippen LogP contribution in [-0.4, -0.2) is 24.7 Å². The highest BCUT2D eigenvalue weighted by Crippen LogP contribution is 2.44. The number of carbonyl (C=O) groups excluding carboxylic acids is 1. The van der Waals surface area contributed by atoms with E-state index in [0.29, 0.717) is 0 Å². The molecular weight excluding hydrogens is 488 g/mol. The van der Waals surface area contributed by atoms with Gasteiger partial charge in [0.2, 0.25) is 5.90 Å². The van der Waals surface area contributed by atoms with E-state index in [2.05, 4.69) is 55.2 Å². The summed E-state index contributed by atoms with van der Waals surface area (Å²) in [7, 11) is 1.60. The van der Waals surface area contributed by atoms with E-state index in [1.165, 1.54) is 0 Å². The number of urea groups is 1. The molecule has 39 heavy (non-hydrogen) atoms. The molecule has 0 aromatic heterocycles. The largest absolute Gasteiger partial charge is 0.367 e. The second-order valence-electron chi connectivity index (χ2n) is 10.5. The van der Waals surface area contributed by atoms with Gasteiger partial charge in [-0.2, -0.15) is 0 Å². The van der Waals surface area contributed by atoms with Gasteiger partial charge in [-0.25, -0.2) is 10.3 Å². The van der Waals surface area contributed by atoms with E-state index >= 15 is 0 Å². The van der Waals surface area contributed by atoms with E-state index in [1.807, 2.05) is 72.9 Å². The van der Waals surface area contributed by atoms with Crippen LogP contribution in [0, 0.1) is 5.41 Å². The van der Waals surface area contributed by atoms with Crippen molar-refractivity contribution in [1.82, 2.24) is 5.32 Å². The average molecular weight is 525 g/mol. The zero-order valence-electron chi connectivity index (χ0n) is 23.3. The van der Waals surface area contributed by atoms with Crippen LogP contribution >= 0.6 is 0 Å². The molecule has 8 heteroatoms. The van der Waals surface area contributed by atoms with Crippen LogP contribution in [0.3, 0.4) is 0 Å². The zero-order valence-corrected chi connectivity index (χ0v) is 23.3. The second kappa shape index (κ2) is 11.0. The smallest absolute Gasteiger partial charge is 0.318 e. The molecule has 0 spiro atoms. The van der Waals surface area contributed by atoms with Crippen LogP contribution in [0.5, 0.6) is 0 Å². The van der Waals surface area contributed by atoms with Crippen molar-refractivity contribution in [3.8, 4) is 0 Å². The van der Waals surface area contributed by atoms with Crippen LogP contribution in [0.1, 0.15) is 45.7 Å². The van der Waals surface area contributed by atoms with Crippen molar-refractivity contribution < 1.29 is 9.63 Å². The molecule has 8 nitrogen and oxygen atoms in total. The van der Waals surface area contributed by atoms with Gasteiger partial charge in [-0.05, 0) is 59.7 Å². The molecule has 0 aliphatic carbocycles. The number of nitrogens with zero attached hydrogens (tertiary/aromatic N) is 1. The Morgan fingerprint density at radius 1 is 0.949 bits per heavy atom. The van der Waals surface area contributed by atoms with Gasteiger partial charge in [0.05, 0.1) is 17.1 Å². The highest BCUT2D eigenvalue weighted by molar-refractivity contribution is 6.08. The van der Waals surface area contributed by atoms with E-state index in [9.17, 15) is 4.79 Å². The lowest BCUT2D eigenvalue weighted by Crippen LogP contribution is -2.24. The van der Waals surface area contributed by atoms with Gasteiger partial charge in [0.1, 0.15) is 0 Å². The first kappa shape index (κ1) is 27.4. The van der Waals surface area contributed by atoms with Crippen LogP contribution in [0.2, 0.25) is 0 Å². The Kier molecular flexibility index (Phi) is 7.76. The molecule has 0 fully saturated rings. The van der Waals surface area contributed by atoms with Crippen LogP contribution in [0.15, 0.2) is 89.6 Å².